The molecule has 0 atom stereocenters. The minimum Gasteiger partial charge on any atom is -0.456 e. The molecular weight excluding hydrogens is 404 g/mol. The summed E-state index contributed by atoms with van der Waals surface area (Å²) in [6.45, 7) is 0. The number of fused-ring (bicyclic) bond motifs is 3. The van der Waals surface area contributed by atoms with E-state index in [0.29, 0.717) is 0 Å². The van der Waals surface area contributed by atoms with Gasteiger partial charge in [-0.05, 0) is 54.6 Å². The number of para-hydroxylation sites is 2. The van der Waals surface area contributed by atoms with Crippen LogP contribution in [0.1, 0.15) is 0 Å². The van der Waals surface area contributed by atoms with Crippen molar-refractivity contribution in [1.29, 1.82) is 0 Å². The number of nitrogens with zero attached hydrogens (tertiary/aromatic N) is 2. The van der Waals surface area contributed by atoms with E-state index in [2.05, 4.69) is 106 Å². The molecule has 0 unspecified atom stereocenters. The molecule has 0 bridgehead atoms. The molecule has 0 aliphatic heterocycles. The predicted octanol–water partition coefficient (Wildman–Crippen LogP) is 8.06. The molecule has 8 rings (SSSR count). The second kappa shape index (κ2) is 6.05. The largest absolute Gasteiger partial charge is 0.456 e. The van der Waals surface area contributed by atoms with Crippen molar-refractivity contribution in [2.24, 2.45) is 0 Å². The second-order valence-corrected chi connectivity index (χ2v) is 8.63. The topological polar surface area (TPSA) is 23.0 Å². The van der Waals surface area contributed by atoms with E-state index in [1.165, 1.54) is 38.5 Å². The van der Waals surface area contributed by atoms with Gasteiger partial charge in [0.05, 0.1) is 22.1 Å². The van der Waals surface area contributed by atoms with Gasteiger partial charge in [0.1, 0.15) is 11.2 Å². The van der Waals surface area contributed by atoms with Crippen LogP contribution >= 0.6 is 0 Å². The fourth-order valence-corrected chi connectivity index (χ4v) is 5.56. The van der Waals surface area contributed by atoms with Crippen molar-refractivity contribution in [3.8, 4) is 11.4 Å². The summed E-state index contributed by atoms with van der Waals surface area (Å²) >= 11 is 0. The van der Waals surface area contributed by atoms with Gasteiger partial charge in [-0.2, -0.15) is 0 Å². The zero-order chi connectivity index (χ0) is 21.5. The van der Waals surface area contributed by atoms with Crippen LogP contribution in [0.2, 0.25) is 0 Å². The van der Waals surface area contributed by atoms with Crippen LogP contribution in [0.15, 0.2) is 114 Å². The van der Waals surface area contributed by atoms with E-state index in [9.17, 15) is 0 Å². The standard InChI is InChI=1S/C30H18N2O/c1-2-8-19(9-3-1)31-23-11-6-13-25-29(23)30-24(31)12-7-14-26(30)32(25)20-16-17-22-21-10-4-5-15-27(21)33-28(22)18-20/h1-18H. The van der Waals surface area contributed by atoms with E-state index in [1.807, 2.05) is 12.1 Å². The van der Waals surface area contributed by atoms with Crippen molar-refractivity contribution in [2.45, 2.75) is 0 Å². The number of aromatic nitrogens is 2. The lowest BCUT2D eigenvalue weighted by atomic mass is 10.1. The van der Waals surface area contributed by atoms with Crippen molar-refractivity contribution in [1.82, 2.24) is 9.13 Å². The molecule has 3 nitrogen and oxygen atoms in total. The molecule has 33 heavy (non-hydrogen) atoms. The van der Waals surface area contributed by atoms with Crippen LogP contribution in [-0.4, -0.2) is 9.13 Å². The Morgan fingerprint density at radius 3 is 1.70 bits per heavy atom. The Morgan fingerprint density at radius 1 is 0.424 bits per heavy atom. The molecule has 0 radical (unpaired) electrons. The molecule has 0 aliphatic rings. The van der Waals surface area contributed by atoms with Crippen molar-refractivity contribution >= 4 is 54.8 Å². The highest BCUT2D eigenvalue weighted by Gasteiger charge is 2.22. The van der Waals surface area contributed by atoms with Crippen LogP contribution in [0.25, 0.3) is 66.2 Å². The Labute approximate surface area is 189 Å². The molecule has 3 heteroatoms. The van der Waals surface area contributed by atoms with Gasteiger partial charge in [0.25, 0.3) is 0 Å². The van der Waals surface area contributed by atoms with Crippen LogP contribution in [0, 0.1) is 0 Å². The van der Waals surface area contributed by atoms with E-state index in [1.54, 1.807) is 0 Å². The van der Waals surface area contributed by atoms with Crippen molar-refractivity contribution < 1.29 is 4.42 Å². The number of hydrogen-bond donors (Lipinski definition) is 0. The molecule has 3 heterocycles. The van der Waals surface area contributed by atoms with Crippen molar-refractivity contribution in [3.63, 3.8) is 0 Å². The molecule has 0 N–H and O–H groups in total. The summed E-state index contributed by atoms with van der Waals surface area (Å²) in [4.78, 5) is 0. The zero-order valence-electron chi connectivity index (χ0n) is 17.7. The highest BCUT2D eigenvalue weighted by atomic mass is 16.3. The summed E-state index contributed by atoms with van der Waals surface area (Å²) in [5, 5.41) is 4.91. The third kappa shape index (κ3) is 2.14. The fourth-order valence-electron chi connectivity index (χ4n) is 5.56. The lowest BCUT2D eigenvalue weighted by Crippen LogP contribution is -1.97. The average Bonchev–Trinajstić information content (AvgIpc) is 3.52. The number of furan rings is 1. The summed E-state index contributed by atoms with van der Waals surface area (Å²) in [5.74, 6) is 0. The minimum absolute atomic E-state index is 0.916. The van der Waals surface area contributed by atoms with E-state index >= 15 is 0 Å². The Bertz CT molecular complexity index is 1900. The maximum Gasteiger partial charge on any atom is 0.137 e. The van der Waals surface area contributed by atoms with Crippen molar-refractivity contribution in [2.75, 3.05) is 0 Å². The Hall–Kier alpha value is -4.50. The Balaban J connectivity index is 1.48. The Morgan fingerprint density at radius 2 is 1.00 bits per heavy atom. The Kier molecular flexibility index (Phi) is 3.14. The van der Waals surface area contributed by atoms with E-state index in [-0.39, 0.29) is 0 Å². The van der Waals surface area contributed by atoms with Gasteiger partial charge < -0.3 is 13.6 Å². The predicted molar refractivity (Wildman–Crippen MR) is 136 cm³/mol. The minimum atomic E-state index is 0.916. The van der Waals surface area contributed by atoms with Gasteiger partial charge in [0, 0.05) is 39.0 Å². The summed E-state index contributed by atoms with van der Waals surface area (Å²) in [5.41, 5.74) is 9.03. The number of benzene rings is 5. The average molecular weight is 422 g/mol. The fraction of sp³-hybridized carbons (Fsp3) is 0. The van der Waals surface area contributed by atoms with Crippen LogP contribution < -0.4 is 0 Å². The first kappa shape index (κ1) is 17.1. The highest BCUT2D eigenvalue weighted by molar-refractivity contribution is 6.25. The quantitative estimate of drug-likeness (QED) is 0.276. The maximum absolute atomic E-state index is 6.20. The lowest BCUT2D eigenvalue weighted by molar-refractivity contribution is 0.668. The van der Waals surface area contributed by atoms with Gasteiger partial charge in [-0.25, -0.2) is 0 Å². The van der Waals surface area contributed by atoms with Crippen LogP contribution in [0.4, 0.5) is 0 Å². The molecule has 0 aliphatic carbocycles. The molecule has 5 aromatic carbocycles. The van der Waals surface area contributed by atoms with Crippen molar-refractivity contribution in [3.05, 3.63) is 109 Å². The molecule has 154 valence electrons. The van der Waals surface area contributed by atoms with Gasteiger partial charge in [-0.3, -0.25) is 0 Å². The zero-order valence-corrected chi connectivity index (χ0v) is 17.7. The highest BCUT2D eigenvalue weighted by Crippen LogP contribution is 2.42. The lowest BCUT2D eigenvalue weighted by Gasteiger charge is -2.12. The second-order valence-electron chi connectivity index (χ2n) is 8.63. The normalized spacial score (nSPS) is 12.2. The number of hydrogen-bond acceptors (Lipinski definition) is 1. The summed E-state index contributed by atoms with van der Waals surface area (Å²) in [7, 11) is 0. The van der Waals surface area contributed by atoms with Gasteiger partial charge in [-0.15, -0.1) is 0 Å². The molecule has 0 saturated heterocycles. The first-order valence-corrected chi connectivity index (χ1v) is 11.2. The van der Waals surface area contributed by atoms with Gasteiger partial charge in [-0.1, -0.05) is 48.5 Å². The summed E-state index contributed by atoms with van der Waals surface area (Å²) in [6.07, 6.45) is 0. The van der Waals surface area contributed by atoms with Crippen LogP contribution in [-0.2, 0) is 0 Å². The van der Waals surface area contributed by atoms with E-state index in [4.69, 9.17) is 4.42 Å². The van der Waals surface area contributed by atoms with Crippen LogP contribution in [0.3, 0.4) is 0 Å². The summed E-state index contributed by atoms with van der Waals surface area (Å²) in [6, 6.07) is 38.6. The first-order chi connectivity index (χ1) is 16.4. The van der Waals surface area contributed by atoms with Gasteiger partial charge in [0.15, 0.2) is 0 Å². The van der Waals surface area contributed by atoms with Gasteiger partial charge in [0.2, 0.25) is 0 Å². The third-order valence-corrected chi connectivity index (χ3v) is 6.89. The van der Waals surface area contributed by atoms with Gasteiger partial charge >= 0.3 is 0 Å². The molecule has 0 fully saturated rings. The maximum atomic E-state index is 6.20. The van der Waals surface area contributed by atoms with E-state index in [0.717, 1.165) is 27.6 Å². The van der Waals surface area contributed by atoms with E-state index < -0.39 is 0 Å². The molecule has 0 spiro atoms. The summed E-state index contributed by atoms with van der Waals surface area (Å²) < 4.78 is 10.9. The van der Waals surface area contributed by atoms with Crippen LogP contribution in [0.5, 0.6) is 0 Å². The smallest absolute Gasteiger partial charge is 0.137 e. The molecule has 3 aromatic heterocycles. The SMILES string of the molecule is c1ccc(-n2c3cccc4c3c3c2cccc3n4-c2ccc3c(c2)oc2ccccc23)cc1. The molecule has 0 saturated carbocycles. The molecule has 8 aromatic rings. The molecular formula is C30H18N2O. The third-order valence-electron chi connectivity index (χ3n) is 6.89. The first-order valence-electron chi connectivity index (χ1n) is 11.2. The monoisotopic (exact) mass is 422 g/mol. The molecule has 0 amide bonds. The number of rotatable bonds is 2.